The molecule has 0 aromatic carbocycles. The van der Waals surface area contributed by atoms with E-state index in [0.717, 1.165) is 17.2 Å². The lowest BCUT2D eigenvalue weighted by Crippen LogP contribution is -2.25. The molecule has 2 N–H and O–H groups in total. The van der Waals surface area contributed by atoms with Gasteiger partial charge in [-0.05, 0) is 24.8 Å². The summed E-state index contributed by atoms with van der Waals surface area (Å²) < 4.78 is 0. The van der Waals surface area contributed by atoms with E-state index in [1.165, 1.54) is 12.8 Å². The van der Waals surface area contributed by atoms with Crippen LogP contribution in [0.1, 0.15) is 77.6 Å². The van der Waals surface area contributed by atoms with Crippen LogP contribution in [-0.2, 0) is 10.8 Å². The Morgan fingerprint density at radius 3 is 1.74 bits per heavy atom. The van der Waals surface area contributed by atoms with E-state index in [4.69, 9.17) is 15.7 Å². The largest absolute Gasteiger partial charge is 0.321 e. The smallest absolute Gasteiger partial charge is 0.145 e. The quantitative estimate of drug-likeness (QED) is 0.886. The zero-order chi connectivity index (χ0) is 14.4. The highest BCUT2D eigenvalue weighted by Crippen LogP contribution is 2.39. The molecule has 1 aliphatic carbocycles. The van der Waals surface area contributed by atoms with Crippen LogP contribution in [-0.4, -0.2) is 9.97 Å². The van der Waals surface area contributed by atoms with Gasteiger partial charge in [0.1, 0.15) is 5.82 Å². The first-order valence-corrected chi connectivity index (χ1v) is 7.24. The lowest BCUT2D eigenvalue weighted by molar-refractivity contribution is 0.507. The van der Waals surface area contributed by atoms with Crippen molar-refractivity contribution in [2.75, 3.05) is 0 Å². The van der Waals surface area contributed by atoms with Crippen molar-refractivity contribution in [3.8, 4) is 0 Å². The van der Waals surface area contributed by atoms with E-state index in [1.54, 1.807) is 0 Å². The summed E-state index contributed by atoms with van der Waals surface area (Å²) in [5.74, 6) is 1.42. The van der Waals surface area contributed by atoms with Gasteiger partial charge in [0.25, 0.3) is 0 Å². The van der Waals surface area contributed by atoms with E-state index >= 15 is 0 Å². The van der Waals surface area contributed by atoms with Gasteiger partial charge in [-0.2, -0.15) is 0 Å². The highest BCUT2D eigenvalue weighted by atomic mass is 15.0. The maximum absolute atomic E-state index is 6.30. The third-order valence-corrected chi connectivity index (χ3v) is 3.71. The van der Waals surface area contributed by atoms with Crippen molar-refractivity contribution in [1.29, 1.82) is 0 Å². The third kappa shape index (κ3) is 3.33. The molecule has 3 heteroatoms. The molecule has 1 aliphatic rings. The second-order valence-electron chi connectivity index (χ2n) is 7.86. The predicted octanol–water partition coefficient (Wildman–Crippen LogP) is 3.48. The Bertz CT molecular complexity index is 430. The lowest BCUT2D eigenvalue weighted by Gasteiger charge is -2.25. The number of rotatable bonds is 2. The first-order chi connectivity index (χ1) is 8.59. The predicted molar refractivity (Wildman–Crippen MR) is 79.1 cm³/mol. The third-order valence-electron chi connectivity index (χ3n) is 3.71. The molecule has 1 atom stereocenters. The van der Waals surface area contributed by atoms with Crippen molar-refractivity contribution in [1.82, 2.24) is 9.97 Å². The number of nitrogens with zero attached hydrogens (tertiary/aromatic N) is 2. The summed E-state index contributed by atoms with van der Waals surface area (Å²) in [6, 6.07) is 2.15. The maximum atomic E-state index is 6.30. The van der Waals surface area contributed by atoms with Crippen molar-refractivity contribution in [3.63, 3.8) is 0 Å². The number of hydrogen-bond acceptors (Lipinski definition) is 3. The van der Waals surface area contributed by atoms with Crippen LogP contribution >= 0.6 is 0 Å². The van der Waals surface area contributed by atoms with Gasteiger partial charge in [0.15, 0.2) is 0 Å². The molecule has 1 aromatic heterocycles. The molecule has 0 radical (unpaired) electrons. The van der Waals surface area contributed by atoms with Crippen molar-refractivity contribution >= 4 is 0 Å². The standard InChI is InChI=1S/C16H27N3/c1-15(2,3)11-9-12(16(4,5)6)19-14(18-11)13(17)10-7-8-10/h9-10,13H,7-8,17H2,1-6H3. The molecule has 0 bridgehead atoms. The molecule has 3 nitrogen and oxygen atoms in total. The highest BCUT2D eigenvalue weighted by molar-refractivity contribution is 5.24. The van der Waals surface area contributed by atoms with E-state index in [2.05, 4.69) is 47.6 Å². The zero-order valence-electron chi connectivity index (χ0n) is 13.1. The van der Waals surface area contributed by atoms with Crippen LogP contribution in [0.3, 0.4) is 0 Å². The molecule has 1 fully saturated rings. The van der Waals surface area contributed by atoms with Crippen molar-refractivity contribution in [3.05, 3.63) is 23.3 Å². The van der Waals surface area contributed by atoms with Crippen LogP contribution in [0.5, 0.6) is 0 Å². The Balaban J connectivity index is 2.48. The van der Waals surface area contributed by atoms with Gasteiger partial charge < -0.3 is 5.73 Å². The van der Waals surface area contributed by atoms with Gasteiger partial charge >= 0.3 is 0 Å². The van der Waals surface area contributed by atoms with Gasteiger partial charge in [0.2, 0.25) is 0 Å². The van der Waals surface area contributed by atoms with Gasteiger partial charge in [-0.15, -0.1) is 0 Å². The lowest BCUT2D eigenvalue weighted by atomic mass is 9.86. The summed E-state index contributed by atoms with van der Waals surface area (Å²) in [6.07, 6.45) is 2.43. The van der Waals surface area contributed by atoms with Crippen LogP contribution in [0.15, 0.2) is 6.07 Å². The van der Waals surface area contributed by atoms with Crippen LogP contribution in [0.2, 0.25) is 0 Å². The zero-order valence-corrected chi connectivity index (χ0v) is 13.1. The Labute approximate surface area is 117 Å². The molecule has 1 unspecified atom stereocenters. The van der Waals surface area contributed by atoms with E-state index in [0.29, 0.717) is 5.92 Å². The molecular weight excluding hydrogens is 234 g/mol. The molecule has 0 saturated heterocycles. The van der Waals surface area contributed by atoms with E-state index in [1.807, 2.05) is 0 Å². The average molecular weight is 261 g/mol. The number of nitrogens with two attached hydrogens (primary N) is 1. The summed E-state index contributed by atoms with van der Waals surface area (Å²) in [7, 11) is 0. The van der Waals surface area contributed by atoms with Gasteiger partial charge in [-0.3, -0.25) is 0 Å². The topological polar surface area (TPSA) is 51.8 Å². The molecule has 0 spiro atoms. The van der Waals surface area contributed by atoms with Crippen LogP contribution in [0.25, 0.3) is 0 Å². The van der Waals surface area contributed by atoms with Crippen molar-refractivity contribution in [2.45, 2.75) is 71.3 Å². The Morgan fingerprint density at radius 2 is 1.42 bits per heavy atom. The normalized spacial score (nSPS) is 18.5. The van der Waals surface area contributed by atoms with E-state index in [9.17, 15) is 0 Å². The fourth-order valence-electron chi connectivity index (χ4n) is 2.05. The Hall–Kier alpha value is -0.960. The molecule has 1 aromatic rings. The molecule has 106 valence electrons. The Kier molecular flexibility index (Phi) is 3.46. The Morgan fingerprint density at radius 1 is 1.00 bits per heavy atom. The first-order valence-electron chi connectivity index (χ1n) is 7.24. The van der Waals surface area contributed by atoms with Gasteiger partial charge in [-0.1, -0.05) is 41.5 Å². The maximum Gasteiger partial charge on any atom is 0.145 e. The van der Waals surface area contributed by atoms with Crippen LogP contribution in [0.4, 0.5) is 0 Å². The molecule has 19 heavy (non-hydrogen) atoms. The molecular formula is C16H27N3. The molecule has 0 aliphatic heterocycles. The molecule has 1 saturated carbocycles. The summed E-state index contributed by atoms with van der Waals surface area (Å²) in [5, 5.41) is 0. The minimum atomic E-state index is 0.00315. The first kappa shape index (κ1) is 14.4. The number of aromatic nitrogens is 2. The second-order valence-corrected chi connectivity index (χ2v) is 7.86. The average Bonchev–Trinajstić information content (AvgIpc) is 3.09. The fourth-order valence-corrected chi connectivity index (χ4v) is 2.05. The summed E-state index contributed by atoms with van der Waals surface area (Å²) in [5.41, 5.74) is 8.55. The monoisotopic (exact) mass is 261 g/mol. The van der Waals surface area contributed by atoms with Crippen LogP contribution < -0.4 is 5.73 Å². The van der Waals surface area contributed by atoms with E-state index in [-0.39, 0.29) is 16.9 Å². The minimum absolute atomic E-state index is 0.00315. The van der Waals surface area contributed by atoms with E-state index < -0.39 is 0 Å². The highest BCUT2D eigenvalue weighted by Gasteiger charge is 2.33. The minimum Gasteiger partial charge on any atom is -0.321 e. The fraction of sp³-hybridized carbons (Fsp3) is 0.750. The summed E-state index contributed by atoms with van der Waals surface area (Å²) in [6.45, 7) is 13.1. The van der Waals surface area contributed by atoms with Crippen LogP contribution in [0, 0.1) is 5.92 Å². The van der Waals surface area contributed by atoms with Gasteiger partial charge in [0, 0.05) is 22.2 Å². The molecule has 2 rings (SSSR count). The van der Waals surface area contributed by atoms with Crippen molar-refractivity contribution < 1.29 is 0 Å². The SMILES string of the molecule is CC(C)(C)c1cc(C(C)(C)C)nc(C(N)C2CC2)n1. The second kappa shape index (κ2) is 4.55. The molecule has 0 amide bonds. The summed E-state index contributed by atoms with van der Waals surface area (Å²) in [4.78, 5) is 9.49. The summed E-state index contributed by atoms with van der Waals surface area (Å²) >= 11 is 0. The van der Waals surface area contributed by atoms with Gasteiger partial charge in [0.05, 0.1) is 6.04 Å². The van der Waals surface area contributed by atoms with Crippen molar-refractivity contribution in [2.24, 2.45) is 11.7 Å². The van der Waals surface area contributed by atoms with Gasteiger partial charge in [-0.25, -0.2) is 9.97 Å². The molecule has 1 heterocycles. The number of hydrogen-bond donors (Lipinski definition) is 1.